The average Bonchev–Trinajstić information content (AvgIpc) is 3.82. The van der Waals surface area contributed by atoms with Gasteiger partial charge < -0.3 is 19.7 Å². The third kappa shape index (κ3) is 8.42. The van der Waals surface area contributed by atoms with Gasteiger partial charge in [0.15, 0.2) is 6.61 Å². The molecule has 3 fully saturated rings. The fourth-order valence-corrected chi connectivity index (χ4v) is 8.41. The van der Waals surface area contributed by atoms with E-state index in [1.165, 1.54) is 35.9 Å². The smallest absolute Gasteiger partial charge is 0.303 e. The van der Waals surface area contributed by atoms with Gasteiger partial charge in [0.2, 0.25) is 5.91 Å². The molecule has 0 unspecified atom stereocenters. The van der Waals surface area contributed by atoms with Crippen molar-refractivity contribution in [2.45, 2.75) is 95.9 Å². The van der Waals surface area contributed by atoms with E-state index in [-0.39, 0.29) is 30.4 Å². The SMILES string of the molecule is COc1ccc(C2CCC(CN(C(=O)C3CCC(NC(=O)COC(C)=O)CC3)c3cccc(-c4cnc(C5CC5)s4)c3)CC2)cc1C. The minimum atomic E-state index is -0.471. The number of hydrogen-bond donors (Lipinski definition) is 1. The lowest BCUT2D eigenvalue weighted by atomic mass is 9.78. The van der Waals surface area contributed by atoms with Gasteiger partial charge in [-0.15, -0.1) is 11.3 Å². The Morgan fingerprint density at radius 1 is 0.936 bits per heavy atom. The Morgan fingerprint density at radius 2 is 1.68 bits per heavy atom. The van der Waals surface area contributed by atoms with Gasteiger partial charge in [-0.2, -0.15) is 0 Å². The lowest BCUT2D eigenvalue weighted by Gasteiger charge is -2.36. The first kappa shape index (κ1) is 33.2. The molecule has 0 aliphatic heterocycles. The molecule has 250 valence electrons. The molecule has 3 aromatic rings. The number of carbonyl (C=O) groups is 3. The van der Waals surface area contributed by atoms with Crippen molar-refractivity contribution in [2.24, 2.45) is 11.8 Å². The molecule has 1 aromatic heterocycles. The summed E-state index contributed by atoms with van der Waals surface area (Å²) in [5.41, 5.74) is 4.63. The van der Waals surface area contributed by atoms with Crippen molar-refractivity contribution in [1.82, 2.24) is 10.3 Å². The average molecular weight is 658 g/mol. The molecule has 47 heavy (non-hydrogen) atoms. The molecule has 3 saturated carbocycles. The molecule has 0 radical (unpaired) electrons. The quantitative estimate of drug-likeness (QED) is 0.214. The van der Waals surface area contributed by atoms with E-state index in [0.29, 0.717) is 24.3 Å². The summed E-state index contributed by atoms with van der Waals surface area (Å²) < 4.78 is 10.3. The number of aryl methyl sites for hydroxylation is 1. The standard InChI is InChI=1S/C38H47N3O5S/c1-24-19-30(15-18-34(24)45-3)27-9-7-26(8-10-27)22-41(33-6-4-5-31(20-33)35-21-39-37(47-35)28-11-12-28)38(44)29-13-16-32(17-14-29)40-36(43)23-46-25(2)42/h4-6,15,18-21,26-29,32H,7-14,16-17,22-23H2,1-3H3,(H,40,43). The van der Waals surface area contributed by atoms with E-state index in [9.17, 15) is 14.4 Å². The van der Waals surface area contributed by atoms with E-state index in [1.54, 1.807) is 18.4 Å². The summed E-state index contributed by atoms with van der Waals surface area (Å²) in [5, 5.41) is 4.20. The highest BCUT2D eigenvalue weighted by molar-refractivity contribution is 7.15. The van der Waals surface area contributed by atoms with Crippen LogP contribution >= 0.6 is 11.3 Å². The van der Waals surface area contributed by atoms with Gasteiger partial charge in [0.25, 0.3) is 5.91 Å². The van der Waals surface area contributed by atoms with E-state index in [0.717, 1.165) is 73.2 Å². The third-order valence-electron chi connectivity index (χ3n) is 10.2. The van der Waals surface area contributed by atoms with Gasteiger partial charge in [-0.25, -0.2) is 4.98 Å². The maximum atomic E-state index is 14.4. The molecule has 0 spiro atoms. The Labute approximate surface area is 282 Å². The maximum absolute atomic E-state index is 14.4. The predicted octanol–water partition coefficient (Wildman–Crippen LogP) is 7.55. The van der Waals surface area contributed by atoms with Crippen LogP contribution in [0.5, 0.6) is 5.75 Å². The molecule has 8 nitrogen and oxygen atoms in total. The van der Waals surface area contributed by atoms with Crippen LogP contribution in [0, 0.1) is 18.8 Å². The van der Waals surface area contributed by atoms with Crippen molar-refractivity contribution in [1.29, 1.82) is 0 Å². The van der Waals surface area contributed by atoms with Crippen molar-refractivity contribution in [3.8, 4) is 16.2 Å². The van der Waals surface area contributed by atoms with Gasteiger partial charge in [0, 0.05) is 43.2 Å². The molecule has 6 rings (SSSR count). The Morgan fingerprint density at radius 3 is 2.36 bits per heavy atom. The second-order valence-corrected chi connectivity index (χ2v) is 14.7. The van der Waals surface area contributed by atoms with Crippen LogP contribution in [0.15, 0.2) is 48.7 Å². The van der Waals surface area contributed by atoms with Gasteiger partial charge in [0.05, 0.1) is 17.0 Å². The van der Waals surface area contributed by atoms with Crippen molar-refractivity contribution in [3.63, 3.8) is 0 Å². The molecular weight excluding hydrogens is 611 g/mol. The van der Waals surface area contributed by atoms with Crippen molar-refractivity contribution in [3.05, 3.63) is 64.8 Å². The van der Waals surface area contributed by atoms with Crippen LogP contribution in [0.4, 0.5) is 5.69 Å². The van der Waals surface area contributed by atoms with Crippen LogP contribution in [0.3, 0.4) is 0 Å². The lowest BCUT2D eigenvalue weighted by Crippen LogP contribution is -2.44. The molecule has 0 bridgehead atoms. The van der Waals surface area contributed by atoms with Gasteiger partial charge >= 0.3 is 5.97 Å². The van der Waals surface area contributed by atoms with Crippen molar-refractivity contribution >= 4 is 34.8 Å². The van der Waals surface area contributed by atoms with Crippen LogP contribution in [-0.2, 0) is 19.1 Å². The van der Waals surface area contributed by atoms with Crippen LogP contribution in [0.25, 0.3) is 10.4 Å². The number of carbonyl (C=O) groups excluding carboxylic acids is 3. The van der Waals surface area contributed by atoms with E-state index < -0.39 is 5.97 Å². The molecule has 3 aliphatic rings. The monoisotopic (exact) mass is 657 g/mol. The first-order valence-corrected chi connectivity index (χ1v) is 18.0. The summed E-state index contributed by atoms with van der Waals surface area (Å²) in [7, 11) is 1.72. The Hall–Kier alpha value is -3.72. The molecule has 1 heterocycles. The lowest BCUT2D eigenvalue weighted by molar-refractivity contribution is -0.146. The normalized spacial score (nSPS) is 22.7. The van der Waals surface area contributed by atoms with E-state index in [2.05, 4.69) is 59.6 Å². The molecule has 1 N–H and O–H groups in total. The largest absolute Gasteiger partial charge is 0.496 e. The Kier molecular flexibility index (Phi) is 10.6. The molecule has 3 aliphatic carbocycles. The number of nitrogens with one attached hydrogen (secondary N) is 1. The van der Waals surface area contributed by atoms with Crippen LogP contribution in [0.2, 0.25) is 0 Å². The molecule has 0 saturated heterocycles. The second kappa shape index (κ2) is 15.0. The molecule has 0 atom stereocenters. The number of esters is 1. The Balaban J connectivity index is 1.14. The minimum absolute atomic E-state index is 0.0113. The number of amides is 2. The van der Waals surface area contributed by atoms with E-state index in [4.69, 9.17) is 14.5 Å². The van der Waals surface area contributed by atoms with Gasteiger partial charge in [-0.3, -0.25) is 14.4 Å². The fraction of sp³-hybridized carbons (Fsp3) is 0.526. The number of aromatic nitrogens is 1. The van der Waals surface area contributed by atoms with Crippen LogP contribution < -0.4 is 15.0 Å². The number of benzene rings is 2. The fourth-order valence-electron chi connectivity index (χ4n) is 7.32. The van der Waals surface area contributed by atoms with Crippen molar-refractivity contribution in [2.75, 3.05) is 25.2 Å². The summed E-state index contributed by atoms with van der Waals surface area (Å²) in [6, 6.07) is 15.0. The van der Waals surface area contributed by atoms with E-state index in [1.807, 2.05) is 6.20 Å². The summed E-state index contributed by atoms with van der Waals surface area (Å²) in [6.07, 6.45) is 11.7. The molecule has 2 amide bonds. The summed E-state index contributed by atoms with van der Waals surface area (Å²) in [5.74, 6) is 1.84. The number of hydrogen-bond acceptors (Lipinski definition) is 7. The molecular formula is C38H47N3O5S. The highest BCUT2D eigenvalue weighted by Gasteiger charge is 2.33. The maximum Gasteiger partial charge on any atom is 0.303 e. The zero-order valence-corrected chi connectivity index (χ0v) is 28.7. The number of thiazole rings is 1. The third-order valence-corrected chi connectivity index (χ3v) is 11.4. The van der Waals surface area contributed by atoms with Crippen LogP contribution in [-0.4, -0.2) is 49.1 Å². The zero-order valence-electron chi connectivity index (χ0n) is 27.8. The first-order chi connectivity index (χ1) is 22.8. The molecule has 2 aromatic carbocycles. The van der Waals surface area contributed by atoms with Gasteiger partial charge in [-0.1, -0.05) is 24.3 Å². The first-order valence-electron chi connectivity index (χ1n) is 17.2. The number of ether oxygens (including phenoxy) is 2. The minimum Gasteiger partial charge on any atom is -0.496 e. The topological polar surface area (TPSA) is 97.8 Å². The molecule has 9 heteroatoms. The predicted molar refractivity (Wildman–Crippen MR) is 185 cm³/mol. The number of nitrogens with zero attached hydrogens (tertiary/aromatic N) is 2. The van der Waals surface area contributed by atoms with Gasteiger partial charge in [-0.05, 0) is 118 Å². The summed E-state index contributed by atoms with van der Waals surface area (Å²) in [6.45, 7) is 3.85. The highest BCUT2D eigenvalue weighted by atomic mass is 32.1. The number of anilines is 1. The number of rotatable bonds is 11. The van der Waals surface area contributed by atoms with Gasteiger partial charge in [0.1, 0.15) is 5.75 Å². The highest BCUT2D eigenvalue weighted by Crippen LogP contribution is 2.44. The number of methoxy groups -OCH3 is 1. The summed E-state index contributed by atoms with van der Waals surface area (Å²) >= 11 is 1.78. The Bertz CT molecular complexity index is 1570. The summed E-state index contributed by atoms with van der Waals surface area (Å²) in [4.78, 5) is 45.6. The van der Waals surface area contributed by atoms with E-state index >= 15 is 0 Å². The van der Waals surface area contributed by atoms with Crippen LogP contribution in [0.1, 0.15) is 99.1 Å². The van der Waals surface area contributed by atoms with Crippen molar-refractivity contribution < 1.29 is 23.9 Å². The second-order valence-electron chi connectivity index (χ2n) is 13.7. The zero-order chi connectivity index (χ0) is 32.9.